The van der Waals surface area contributed by atoms with Gasteiger partial charge in [0.2, 0.25) is 0 Å². The molecule has 2 N–H and O–H groups in total. The number of nitrogens with zero attached hydrogens (tertiary/aromatic N) is 2. The van der Waals surface area contributed by atoms with Crippen molar-refractivity contribution < 1.29 is 9.53 Å². The van der Waals surface area contributed by atoms with Gasteiger partial charge in [0.05, 0.1) is 12.3 Å². The number of urea groups is 1. The second-order valence-electron chi connectivity index (χ2n) is 4.25. The van der Waals surface area contributed by atoms with Crippen LogP contribution in [0.25, 0.3) is 0 Å². The van der Waals surface area contributed by atoms with Gasteiger partial charge in [0.15, 0.2) is 5.13 Å². The van der Waals surface area contributed by atoms with Crippen LogP contribution in [0.5, 0.6) is 0 Å². The summed E-state index contributed by atoms with van der Waals surface area (Å²) < 4.78 is 4.86. The highest BCUT2D eigenvalue weighted by molar-refractivity contribution is 7.15. The smallest absolute Gasteiger partial charge is 0.321 e. The summed E-state index contributed by atoms with van der Waals surface area (Å²) in [6, 6.07) is -0.230. The van der Waals surface area contributed by atoms with Crippen LogP contribution in [0.1, 0.15) is 10.6 Å². The van der Waals surface area contributed by atoms with E-state index in [2.05, 4.69) is 27.6 Å². The maximum atomic E-state index is 11.5. The molecule has 0 bridgehead atoms. The summed E-state index contributed by atoms with van der Waals surface area (Å²) in [4.78, 5) is 19.5. The highest BCUT2D eigenvalue weighted by atomic mass is 32.1. The van der Waals surface area contributed by atoms with Crippen LogP contribution in [0, 0.1) is 0 Å². The van der Waals surface area contributed by atoms with E-state index in [9.17, 15) is 4.79 Å². The molecular formula is C11H18N4O2S. The van der Waals surface area contributed by atoms with Gasteiger partial charge < -0.3 is 15.0 Å². The van der Waals surface area contributed by atoms with E-state index >= 15 is 0 Å². The normalized spacial score (nSPS) is 15.2. The van der Waals surface area contributed by atoms with Crippen LogP contribution in [0.2, 0.25) is 0 Å². The van der Waals surface area contributed by atoms with E-state index in [4.69, 9.17) is 4.74 Å². The largest absolute Gasteiger partial charge is 0.383 e. The maximum absolute atomic E-state index is 11.5. The number of likely N-dealkylation sites (N-methyl/N-ethyl adjacent to an activating group) is 1. The van der Waals surface area contributed by atoms with Gasteiger partial charge in [-0.2, -0.15) is 0 Å². The van der Waals surface area contributed by atoms with Crippen LogP contribution in [0.3, 0.4) is 0 Å². The molecule has 2 amide bonds. The van der Waals surface area contributed by atoms with Crippen LogP contribution in [-0.2, 0) is 17.7 Å². The van der Waals surface area contributed by atoms with Gasteiger partial charge in [-0.05, 0) is 7.05 Å². The summed E-state index contributed by atoms with van der Waals surface area (Å²) in [5.41, 5.74) is 1.12. The lowest BCUT2D eigenvalue weighted by molar-refractivity contribution is 0.198. The van der Waals surface area contributed by atoms with Crippen LogP contribution >= 0.6 is 11.3 Å². The fourth-order valence-corrected chi connectivity index (χ4v) is 2.87. The van der Waals surface area contributed by atoms with Crippen molar-refractivity contribution >= 4 is 22.5 Å². The molecule has 2 heterocycles. The summed E-state index contributed by atoms with van der Waals surface area (Å²) in [7, 11) is 3.69. The molecule has 0 radical (unpaired) electrons. The number of methoxy groups -OCH3 is 1. The number of anilines is 1. The number of rotatable bonds is 4. The molecule has 0 fully saturated rings. The Morgan fingerprint density at radius 3 is 3.22 bits per heavy atom. The molecule has 0 spiro atoms. The van der Waals surface area contributed by atoms with Gasteiger partial charge in [-0.25, -0.2) is 9.78 Å². The third-order valence-corrected chi connectivity index (χ3v) is 3.73. The van der Waals surface area contributed by atoms with E-state index < -0.39 is 0 Å². The minimum atomic E-state index is -0.230. The van der Waals surface area contributed by atoms with Crippen LogP contribution in [0.15, 0.2) is 0 Å². The Hall–Kier alpha value is -1.18. The summed E-state index contributed by atoms with van der Waals surface area (Å²) in [5, 5.41) is 6.13. The zero-order valence-corrected chi connectivity index (χ0v) is 11.5. The second-order valence-corrected chi connectivity index (χ2v) is 5.33. The van der Waals surface area contributed by atoms with E-state index in [1.165, 1.54) is 4.88 Å². The average Bonchev–Trinajstić information content (AvgIpc) is 2.70. The summed E-state index contributed by atoms with van der Waals surface area (Å²) >= 11 is 1.55. The van der Waals surface area contributed by atoms with Crippen LogP contribution in [-0.4, -0.2) is 49.8 Å². The van der Waals surface area contributed by atoms with Crippen LogP contribution < -0.4 is 10.6 Å². The second kappa shape index (κ2) is 6.12. The number of hydrogen-bond acceptors (Lipinski definition) is 5. The Morgan fingerprint density at radius 1 is 1.61 bits per heavy atom. The number of thiazole rings is 1. The van der Waals surface area contributed by atoms with Crippen molar-refractivity contribution in [3.8, 4) is 0 Å². The van der Waals surface area contributed by atoms with Crippen LogP contribution in [0.4, 0.5) is 9.93 Å². The van der Waals surface area contributed by atoms with E-state index in [0.29, 0.717) is 18.3 Å². The molecule has 0 unspecified atom stereocenters. The Labute approximate surface area is 110 Å². The number of ether oxygens (including phenoxy) is 1. The first-order valence-corrected chi connectivity index (χ1v) is 6.71. The van der Waals surface area contributed by atoms with Gasteiger partial charge >= 0.3 is 6.03 Å². The molecule has 7 heteroatoms. The molecule has 0 saturated carbocycles. The standard InChI is InChI=1S/C11H18N4O2S/c1-15-5-3-8-9(7-15)18-11(13-8)14-10(16)12-4-6-17-2/h3-7H2,1-2H3,(H2,12,13,14,16). The average molecular weight is 270 g/mol. The Balaban J connectivity index is 1.88. The van der Waals surface area contributed by atoms with Crippen molar-refractivity contribution in [3.05, 3.63) is 10.6 Å². The van der Waals surface area contributed by atoms with Crippen molar-refractivity contribution in [2.75, 3.05) is 39.2 Å². The zero-order chi connectivity index (χ0) is 13.0. The highest BCUT2D eigenvalue weighted by Gasteiger charge is 2.18. The Bertz CT molecular complexity index is 421. The minimum absolute atomic E-state index is 0.230. The molecule has 1 aromatic heterocycles. The number of fused-ring (bicyclic) bond motifs is 1. The SMILES string of the molecule is COCCNC(=O)Nc1nc2c(s1)CN(C)CC2. The third kappa shape index (κ3) is 3.41. The zero-order valence-electron chi connectivity index (χ0n) is 10.7. The summed E-state index contributed by atoms with van der Waals surface area (Å²) in [6.45, 7) is 2.94. The van der Waals surface area contributed by atoms with E-state index in [1.807, 2.05) is 0 Å². The van der Waals surface area contributed by atoms with Crippen molar-refractivity contribution in [3.63, 3.8) is 0 Å². The van der Waals surface area contributed by atoms with E-state index in [0.717, 1.165) is 25.2 Å². The number of aromatic nitrogens is 1. The first-order valence-electron chi connectivity index (χ1n) is 5.90. The van der Waals surface area contributed by atoms with Gasteiger partial charge in [0, 0.05) is 38.0 Å². The first-order chi connectivity index (χ1) is 8.69. The monoisotopic (exact) mass is 270 g/mol. The quantitative estimate of drug-likeness (QED) is 0.798. The first kappa shape index (κ1) is 13.3. The summed E-state index contributed by atoms with van der Waals surface area (Å²) in [5.74, 6) is 0. The molecule has 18 heavy (non-hydrogen) atoms. The predicted molar refractivity (Wildman–Crippen MR) is 71.0 cm³/mol. The Kier molecular flexibility index (Phi) is 4.51. The minimum Gasteiger partial charge on any atom is -0.383 e. The molecular weight excluding hydrogens is 252 g/mol. The molecule has 0 aromatic carbocycles. The third-order valence-electron chi connectivity index (χ3n) is 2.73. The van der Waals surface area contributed by atoms with Gasteiger partial charge in [0.25, 0.3) is 0 Å². The van der Waals surface area contributed by atoms with Crippen molar-refractivity contribution in [1.82, 2.24) is 15.2 Å². The van der Waals surface area contributed by atoms with E-state index in [1.54, 1.807) is 18.4 Å². The lowest BCUT2D eigenvalue weighted by Crippen LogP contribution is -2.31. The van der Waals surface area contributed by atoms with E-state index in [-0.39, 0.29) is 6.03 Å². The molecule has 0 atom stereocenters. The topological polar surface area (TPSA) is 66.5 Å². The molecule has 1 aliphatic rings. The molecule has 0 saturated heterocycles. The maximum Gasteiger partial charge on any atom is 0.321 e. The number of nitrogens with one attached hydrogen (secondary N) is 2. The molecule has 2 rings (SSSR count). The fourth-order valence-electron chi connectivity index (χ4n) is 1.78. The number of carbonyl (C=O) groups excluding carboxylic acids is 1. The van der Waals surface area contributed by atoms with Gasteiger partial charge in [-0.3, -0.25) is 5.32 Å². The van der Waals surface area contributed by atoms with Crippen molar-refractivity contribution in [2.45, 2.75) is 13.0 Å². The van der Waals surface area contributed by atoms with Crippen molar-refractivity contribution in [2.24, 2.45) is 0 Å². The van der Waals surface area contributed by atoms with Gasteiger partial charge in [-0.15, -0.1) is 11.3 Å². The number of carbonyl (C=O) groups is 1. The van der Waals surface area contributed by atoms with Gasteiger partial charge in [0.1, 0.15) is 0 Å². The highest BCUT2D eigenvalue weighted by Crippen LogP contribution is 2.27. The predicted octanol–water partition coefficient (Wildman–Crippen LogP) is 0.899. The molecule has 0 aliphatic carbocycles. The fraction of sp³-hybridized carbons (Fsp3) is 0.636. The molecule has 1 aliphatic heterocycles. The number of hydrogen-bond donors (Lipinski definition) is 2. The lowest BCUT2D eigenvalue weighted by Gasteiger charge is -2.20. The number of amides is 2. The molecule has 100 valence electrons. The molecule has 1 aromatic rings. The summed E-state index contributed by atoms with van der Waals surface area (Å²) in [6.07, 6.45) is 0.954. The van der Waals surface area contributed by atoms with Crippen molar-refractivity contribution in [1.29, 1.82) is 0 Å². The molecule has 6 nitrogen and oxygen atoms in total. The lowest BCUT2D eigenvalue weighted by atomic mass is 10.2. The van der Waals surface area contributed by atoms with Gasteiger partial charge in [-0.1, -0.05) is 0 Å². The Morgan fingerprint density at radius 2 is 2.44 bits per heavy atom.